The van der Waals surface area contributed by atoms with Crippen molar-refractivity contribution < 1.29 is 29.6 Å². The summed E-state index contributed by atoms with van der Waals surface area (Å²) in [6, 6.07) is 25.1. The predicted molar refractivity (Wildman–Crippen MR) is 162 cm³/mol. The van der Waals surface area contributed by atoms with Crippen molar-refractivity contribution in [2.75, 3.05) is 6.54 Å². The average molecular weight is 564 g/mol. The summed E-state index contributed by atoms with van der Waals surface area (Å²) in [5.74, 6) is -1.03. The fourth-order valence-electron chi connectivity index (χ4n) is 4.64. The molecule has 0 radical (unpaired) electrons. The van der Waals surface area contributed by atoms with E-state index in [9.17, 15) is 14.7 Å². The topological polar surface area (TPSA) is 107 Å². The largest absolute Gasteiger partial charge is 0.479 e. The van der Waals surface area contributed by atoms with Gasteiger partial charge in [-0.3, -0.25) is 9.69 Å². The highest BCUT2D eigenvalue weighted by Crippen LogP contribution is 2.36. The zero-order valence-electron chi connectivity index (χ0n) is 25.0. The Bertz CT molecular complexity index is 1200. The Kier molecular flexibility index (Phi) is 13.7. The number of nitrogens with zero attached hydrogens (tertiary/aromatic N) is 1. The minimum absolute atomic E-state index is 0.0446. The van der Waals surface area contributed by atoms with E-state index in [0.29, 0.717) is 23.4 Å². The number of carboxylic acids is 1. The van der Waals surface area contributed by atoms with Crippen LogP contribution in [0.3, 0.4) is 0 Å². The number of esters is 1. The molecule has 222 valence electrons. The monoisotopic (exact) mass is 563 g/mol. The molecular weight excluding hydrogens is 518 g/mol. The van der Waals surface area contributed by atoms with Gasteiger partial charge in [0.05, 0.1) is 12.5 Å². The van der Waals surface area contributed by atoms with Crippen LogP contribution in [0.2, 0.25) is 0 Å². The summed E-state index contributed by atoms with van der Waals surface area (Å²) < 4.78 is 5.78. The van der Waals surface area contributed by atoms with Crippen molar-refractivity contribution in [1.82, 2.24) is 4.90 Å². The first-order valence-corrected chi connectivity index (χ1v) is 14.2. The lowest BCUT2D eigenvalue weighted by Crippen LogP contribution is -2.38. The molecule has 7 nitrogen and oxygen atoms in total. The third-order valence-corrected chi connectivity index (χ3v) is 6.87. The van der Waals surface area contributed by atoms with Crippen LogP contribution in [-0.4, -0.2) is 50.8 Å². The smallest absolute Gasteiger partial charge is 0.337 e. The molecule has 2 atom stereocenters. The number of hydrogen-bond donors (Lipinski definition) is 3. The van der Waals surface area contributed by atoms with Crippen LogP contribution in [0.5, 0.6) is 5.75 Å². The lowest BCUT2D eigenvalue weighted by molar-refractivity contribution is -0.147. The van der Waals surface area contributed by atoms with Gasteiger partial charge in [-0.05, 0) is 69.5 Å². The normalized spacial score (nSPS) is 12.7. The minimum atomic E-state index is -1.41. The zero-order valence-corrected chi connectivity index (χ0v) is 25.0. The first-order chi connectivity index (χ1) is 19.5. The zero-order chi connectivity index (χ0) is 30.5. The molecule has 0 unspecified atom stereocenters. The molecule has 0 spiro atoms. The fourth-order valence-corrected chi connectivity index (χ4v) is 4.64. The Morgan fingerprint density at radius 2 is 1.34 bits per heavy atom. The Morgan fingerprint density at radius 1 is 0.805 bits per heavy atom. The SMILES string of the molecule is CC(C)C(=O)Oc1ccc(CO)cc1[C@H](CCN(C(C)C)C(C)C)c1ccccc1.O=C(O)[C@H](O)c1ccccc1. The van der Waals surface area contributed by atoms with Crippen molar-refractivity contribution in [3.63, 3.8) is 0 Å². The number of benzene rings is 3. The van der Waals surface area contributed by atoms with Crippen LogP contribution in [0.1, 0.15) is 82.2 Å². The molecule has 0 aliphatic heterocycles. The summed E-state index contributed by atoms with van der Waals surface area (Å²) in [5, 5.41) is 27.1. The molecule has 0 fully saturated rings. The third-order valence-electron chi connectivity index (χ3n) is 6.87. The standard InChI is InChI=1S/C26H37NO3.C8H8O3/c1-18(2)26(29)30-25-13-12-21(17-28)16-24(25)23(22-10-8-7-9-11-22)14-15-27(19(3)4)20(5)6;9-7(8(10)11)6-4-2-1-3-5-6/h7-13,16,18-20,23,28H,14-15,17H2,1-6H3;1-5,7,9H,(H,10,11)/t23-;7-/m11/s1. The van der Waals surface area contributed by atoms with Gasteiger partial charge >= 0.3 is 11.9 Å². The van der Waals surface area contributed by atoms with Gasteiger partial charge in [0, 0.05) is 23.6 Å². The highest BCUT2D eigenvalue weighted by atomic mass is 16.5. The maximum atomic E-state index is 12.3. The first kappa shape index (κ1) is 33.7. The summed E-state index contributed by atoms with van der Waals surface area (Å²) in [7, 11) is 0. The Balaban J connectivity index is 0.000000446. The second-order valence-corrected chi connectivity index (χ2v) is 10.9. The van der Waals surface area contributed by atoms with Crippen molar-refractivity contribution in [1.29, 1.82) is 0 Å². The number of carbonyl (C=O) groups excluding carboxylic acids is 1. The quantitative estimate of drug-likeness (QED) is 0.178. The molecule has 0 aliphatic carbocycles. The molecule has 0 aromatic heterocycles. The van der Waals surface area contributed by atoms with E-state index in [0.717, 1.165) is 24.1 Å². The van der Waals surface area contributed by atoms with Crippen LogP contribution in [0.15, 0.2) is 78.9 Å². The van der Waals surface area contributed by atoms with Gasteiger partial charge < -0.3 is 20.1 Å². The average Bonchev–Trinajstić information content (AvgIpc) is 2.96. The Labute approximate surface area is 244 Å². The lowest BCUT2D eigenvalue weighted by atomic mass is 9.86. The summed E-state index contributed by atoms with van der Waals surface area (Å²) in [6.07, 6.45) is -0.516. The van der Waals surface area contributed by atoms with E-state index in [1.54, 1.807) is 30.3 Å². The van der Waals surface area contributed by atoms with Gasteiger partial charge in [-0.25, -0.2) is 4.79 Å². The van der Waals surface area contributed by atoms with E-state index in [1.165, 1.54) is 5.56 Å². The van der Waals surface area contributed by atoms with Gasteiger partial charge in [0.25, 0.3) is 0 Å². The molecule has 7 heteroatoms. The Hall–Kier alpha value is -3.52. The van der Waals surface area contributed by atoms with Gasteiger partial charge in [0.15, 0.2) is 6.10 Å². The van der Waals surface area contributed by atoms with Gasteiger partial charge in [0.1, 0.15) is 5.75 Å². The summed E-state index contributed by atoms with van der Waals surface area (Å²) in [4.78, 5) is 25.1. The number of ether oxygens (including phenoxy) is 1. The van der Waals surface area contributed by atoms with E-state index in [1.807, 2.05) is 50.2 Å². The minimum Gasteiger partial charge on any atom is -0.479 e. The maximum absolute atomic E-state index is 12.3. The molecule has 3 rings (SSSR count). The van der Waals surface area contributed by atoms with Crippen LogP contribution < -0.4 is 4.74 Å². The molecule has 0 saturated carbocycles. The molecular formula is C34H45NO6. The molecule has 3 N–H and O–H groups in total. The van der Waals surface area contributed by atoms with Crippen LogP contribution in [0.25, 0.3) is 0 Å². The van der Waals surface area contributed by atoms with E-state index in [-0.39, 0.29) is 24.4 Å². The second-order valence-electron chi connectivity index (χ2n) is 10.9. The van der Waals surface area contributed by atoms with Crippen LogP contribution >= 0.6 is 0 Å². The number of hydrogen-bond acceptors (Lipinski definition) is 6. The molecule has 0 amide bonds. The Morgan fingerprint density at radius 3 is 1.80 bits per heavy atom. The van der Waals surface area contributed by atoms with Crippen molar-refractivity contribution in [2.45, 2.75) is 78.7 Å². The van der Waals surface area contributed by atoms with E-state index in [2.05, 4.69) is 44.7 Å². The number of rotatable bonds is 12. The van der Waals surface area contributed by atoms with E-state index < -0.39 is 12.1 Å². The highest BCUT2D eigenvalue weighted by Gasteiger charge is 2.24. The van der Waals surface area contributed by atoms with Gasteiger partial charge in [-0.15, -0.1) is 0 Å². The number of aliphatic carboxylic acids is 1. The van der Waals surface area contributed by atoms with E-state index in [4.69, 9.17) is 14.9 Å². The summed E-state index contributed by atoms with van der Waals surface area (Å²) >= 11 is 0. The molecule has 0 heterocycles. The van der Waals surface area contributed by atoms with Crippen LogP contribution in [-0.2, 0) is 16.2 Å². The first-order valence-electron chi connectivity index (χ1n) is 14.2. The number of aliphatic hydroxyl groups is 2. The van der Waals surface area contributed by atoms with Gasteiger partial charge in [0.2, 0.25) is 0 Å². The van der Waals surface area contributed by atoms with Gasteiger partial charge in [-0.1, -0.05) is 80.6 Å². The van der Waals surface area contributed by atoms with Gasteiger partial charge in [-0.2, -0.15) is 0 Å². The number of carbonyl (C=O) groups is 2. The molecule has 3 aromatic rings. The number of aliphatic hydroxyl groups excluding tert-OH is 2. The molecule has 3 aromatic carbocycles. The molecule has 0 saturated heterocycles. The number of carboxylic acid groups (broad SMARTS) is 1. The van der Waals surface area contributed by atoms with Crippen LogP contribution in [0, 0.1) is 5.92 Å². The van der Waals surface area contributed by atoms with Crippen LogP contribution in [0.4, 0.5) is 0 Å². The second kappa shape index (κ2) is 16.7. The molecule has 0 aliphatic rings. The third kappa shape index (κ3) is 10.4. The molecule has 41 heavy (non-hydrogen) atoms. The molecule has 0 bridgehead atoms. The highest BCUT2D eigenvalue weighted by molar-refractivity contribution is 5.75. The summed E-state index contributed by atoms with van der Waals surface area (Å²) in [6.45, 7) is 13.4. The van der Waals surface area contributed by atoms with Crippen molar-refractivity contribution >= 4 is 11.9 Å². The summed E-state index contributed by atoms with van der Waals surface area (Å²) in [5.41, 5.74) is 3.36. The predicted octanol–water partition coefficient (Wildman–Crippen LogP) is 6.19. The lowest BCUT2D eigenvalue weighted by Gasteiger charge is -2.32. The van der Waals surface area contributed by atoms with E-state index >= 15 is 0 Å². The van der Waals surface area contributed by atoms with Crippen molar-refractivity contribution in [3.05, 3.63) is 101 Å². The van der Waals surface area contributed by atoms with Crippen molar-refractivity contribution in [3.8, 4) is 5.75 Å². The van der Waals surface area contributed by atoms with Crippen molar-refractivity contribution in [2.24, 2.45) is 5.92 Å². The maximum Gasteiger partial charge on any atom is 0.337 e. The fraction of sp³-hybridized carbons (Fsp3) is 0.412.